The van der Waals surface area contributed by atoms with Gasteiger partial charge in [-0.2, -0.15) is 0 Å². The summed E-state index contributed by atoms with van der Waals surface area (Å²) in [5.41, 5.74) is 0.599. The summed E-state index contributed by atoms with van der Waals surface area (Å²) >= 11 is 0. The zero-order valence-corrected chi connectivity index (χ0v) is 11.2. The summed E-state index contributed by atoms with van der Waals surface area (Å²) < 4.78 is 0. The molecule has 0 N–H and O–H groups in total. The molecule has 0 aromatic carbocycles. The van der Waals surface area contributed by atoms with E-state index in [1.54, 1.807) is 11.8 Å². The fourth-order valence-electron chi connectivity index (χ4n) is 3.53. The second-order valence-electron chi connectivity index (χ2n) is 6.30. The quantitative estimate of drug-likeness (QED) is 0.703. The van der Waals surface area contributed by atoms with Crippen molar-refractivity contribution in [2.45, 2.75) is 39.0 Å². The Labute approximate surface area is 108 Å². The van der Waals surface area contributed by atoms with Crippen LogP contribution in [-0.2, 0) is 9.59 Å². The summed E-state index contributed by atoms with van der Waals surface area (Å²) in [6, 6.07) is 0. The normalized spacial score (nSPS) is 26.7. The standard InChI is InChI=1S/C14H22N2O2/c1-11(17)16-9-12(10-16)13(18)15-7-5-14(6-8-15)3-2-4-14/h12H,2-10H2,1H3. The van der Waals surface area contributed by atoms with E-state index in [2.05, 4.69) is 0 Å². The number of carbonyl (C=O) groups excluding carboxylic acids is 2. The summed E-state index contributed by atoms with van der Waals surface area (Å²) in [5, 5.41) is 0. The predicted molar refractivity (Wildman–Crippen MR) is 67.8 cm³/mol. The van der Waals surface area contributed by atoms with Crippen molar-refractivity contribution in [1.82, 2.24) is 9.80 Å². The maximum atomic E-state index is 12.3. The Morgan fingerprint density at radius 2 is 1.61 bits per heavy atom. The summed E-state index contributed by atoms with van der Waals surface area (Å²) in [5.74, 6) is 0.442. The van der Waals surface area contributed by atoms with Crippen LogP contribution in [0.1, 0.15) is 39.0 Å². The first kappa shape index (κ1) is 12.0. The van der Waals surface area contributed by atoms with E-state index < -0.39 is 0 Å². The van der Waals surface area contributed by atoms with Gasteiger partial charge >= 0.3 is 0 Å². The van der Waals surface area contributed by atoms with Gasteiger partial charge in [-0.15, -0.1) is 0 Å². The van der Waals surface area contributed by atoms with Gasteiger partial charge in [0.05, 0.1) is 5.92 Å². The maximum Gasteiger partial charge on any atom is 0.229 e. The van der Waals surface area contributed by atoms with Gasteiger partial charge in [0.1, 0.15) is 0 Å². The van der Waals surface area contributed by atoms with E-state index in [4.69, 9.17) is 0 Å². The number of hydrogen-bond acceptors (Lipinski definition) is 2. The molecule has 0 unspecified atom stereocenters. The highest BCUT2D eigenvalue weighted by molar-refractivity contribution is 5.83. The van der Waals surface area contributed by atoms with Crippen molar-refractivity contribution in [3.8, 4) is 0 Å². The van der Waals surface area contributed by atoms with E-state index in [0.29, 0.717) is 18.5 Å². The van der Waals surface area contributed by atoms with Gasteiger partial charge in [-0.25, -0.2) is 0 Å². The summed E-state index contributed by atoms with van der Waals surface area (Å²) in [7, 11) is 0. The summed E-state index contributed by atoms with van der Waals surface area (Å²) in [4.78, 5) is 27.1. The lowest BCUT2D eigenvalue weighted by Crippen LogP contribution is -2.57. The van der Waals surface area contributed by atoms with Gasteiger partial charge in [-0.05, 0) is 31.1 Å². The lowest BCUT2D eigenvalue weighted by atomic mass is 9.63. The first-order chi connectivity index (χ1) is 8.60. The van der Waals surface area contributed by atoms with Crippen molar-refractivity contribution >= 4 is 11.8 Å². The molecule has 18 heavy (non-hydrogen) atoms. The Morgan fingerprint density at radius 3 is 2.06 bits per heavy atom. The molecule has 2 aliphatic heterocycles. The van der Waals surface area contributed by atoms with Gasteiger partial charge < -0.3 is 9.80 Å². The van der Waals surface area contributed by atoms with Crippen LogP contribution in [0, 0.1) is 11.3 Å². The third-order valence-electron chi connectivity index (χ3n) is 5.23. The second kappa shape index (κ2) is 4.25. The summed E-state index contributed by atoms with van der Waals surface area (Å²) in [6.07, 6.45) is 6.51. The van der Waals surface area contributed by atoms with Gasteiger partial charge in [0.2, 0.25) is 11.8 Å². The molecule has 3 rings (SSSR count). The molecule has 1 spiro atoms. The molecule has 2 saturated heterocycles. The van der Waals surface area contributed by atoms with Crippen molar-refractivity contribution in [1.29, 1.82) is 0 Å². The molecule has 0 bridgehead atoms. The first-order valence-corrected chi connectivity index (χ1v) is 7.14. The number of nitrogens with zero attached hydrogens (tertiary/aromatic N) is 2. The van der Waals surface area contributed by atoms with Gasteiger partial charge in [0.25, 0.3) is 0 Å². The second-order valence-corrected chi connectivity index (χ2v) is 6.30. The molecule has 3 fully saturated rings. The van der Waals surface area contributed by atoms with Gasteiger partial charge in [-0.1, -0.05) is 6.42 Å². The number of hydrogen-bond donors (Lipinski definition) is 0. The topological polar surface area (TPSA) is 40.6 Å². The molecule has 1 saturated carbocycles. The molecular weight excluding hydrogens is 228 g/mol. The van der Waals surface area contributed by atoms with Crippen LogP contribution in [0.15, 0.2) is 0 Å². The third kappa shape index (κ3) is 1.91. The van der Waals surface area contributed by atoms with Crippen LogP contribution in [0.2, 0.25) is 0 Å². The Morgan fingerprint density at radius 1 is 1.00 bits per heavy atom. The molecule has 2 amide bonds. The molecule has 0 aromatic rings. The molecule has 4 heteroatoms. The number of amides is 2. The maximum absolute atomic E-state index is 12.3. The average Bonchev–Trinajstić information content (AvgIpc) is 2.24. The van der Waals surface area contributed by atoms with E-state index in [1.165, 1.54) is 32.1 Å². The Kier molecular flexibility index (Phi) is 2.83. The number of likely N-dealkylation sites (tertiary alicyclic amines) is 2. The van der Waals surface area contributed by atoms with Crippen molar-refractivity contribution in [3.63, 3.8) is 0 Å². The van der Waals surface area contributed by atoms with E-state index in [-0.39, 0.29) is 17.7 Å². The number of piperidine rings is 1. The molecule has 4 nitrogen and oxygen atoms in total. The Hall–Kier alpha value is -1.06. The first-order valence-electron chi connectivity index (χ1n) is 7.14. The van der Waals surface area contributed by atoms with Crippen LogP contribution in [0.4, 0.5) is 0 Å². The highest BCUT2D eigenvalue weighted by atomic mass is 16.2. The molecule has 3 aliphatic rings. The molecule has 0 aromatic heterocycles. The molecule has 0 atom stereocenters. The fourth-order valence-corrected chi connectivity index (χ4v) is 3.53. The van der Waals surface area contributed by atoms with Gasteiger partial charge in [0, 0.05) is 33.1 Å². The zero-order valence-electron chi connectivity index (χ0n) is 11.2. The smallest absolute Gasteiger partial charge is 0.229 e. The van der Waals surface area contributed by atoms with Crippen molar-refractivity contribution in [2.75, 3.05) is 26.2 Å². The molecule has 2 heterocycles. The molecular formula is C14H22N2O2. The van der Waals surface area contributed by atoms with Crippen LogP contribution in [0.5, 0.6) is 0 Å². The van der Waals surface area contributed by atoms with Crippen molar-refractivity contribution < 1.29 is 9.59 Å². The van der Waals surface area contributed by atoms with Crippen LogP contribution in [0.3, 0.4) is 0 Å². The predicted octanol–water partition coefficient (Wildman–Crippen LogP) is 1.26. The minimum absolute atomic E-state index is 0.0735. The van der Waals surface area contributed by atoms with Crippen LogP contribution < -0.4 is 0 Å². The minimum atomic E-state index is 0.0735. The van der Waals surface area contributed by atoms with Crippen molar-refractivity contribution in [2.24, 2.45) is 11.3 Å². The fraction of sp³-hybridized carbons (Fsp3) is 0.857. The highest BCUT2D eigenvalue weighted by Gasteiger charge is 2.43. The van der Waals surface area contributed by atoms with Crippen LogP contribution >= 0.6 is 0 Å². The number of carbonyl (C=O) groups is 2. The lowest BCUT2D eigenvalue weighted by Gasteiger charge is -2.49. The SMILES string of the molecule is CC(=O)N1CC(C(=O)N2CCC3(CCC3)CC2)C1. The van der Waals surface area contributed by atoms with Crippen LogP contribution in [0.25, 0.3) is 0 Å². The van der Waals surface area contributed by atoms with E-state index >= 15 is 0 Å². The van der Waals surface area contributed by atoms with E-state index in [0.717, 1.165) is 13.1 Å². The lowest BCUT2D eigenvalue weighted by molar-refractivity contribution is -0.149. The largest absolute Gasteiger partial charge is 0.342 e. The average molecular weight is 250 g/mol. The Bertz CT molecular complexity index is 360. The van der Waals surface area contributed by atoms with E-state index in [9.17, 15) is 9.59 Å². The number of rotatable bonds is 1. The Balaban J connectivity index is 1.48. The monoisotopic (exact) mass is 250 g/mol. The van der Waals surface area contributed by atoms with E-state index in [1.807, 2.05) is 4.90 Å². The molecule has 100 valence electrons. The molecule has 0 radical (unpaired) electrons. The summed E-state index contributed by atoms with van der Waals surface area (Å²) in [6.45, 7) is 4.72. The van der Waals surface area contributed by atoms with Gasteiger partial charge in [-0.3, -0.25) is 9.59 Å². The van der Waals surface area contributed by atoms with Crippen LogP contribution in [-0.4, -0.2) is 47.8 Å². The minimum Gasteiger partial charge on any atom is -0.342 e. The zero-order chi connectivity index (χ0) is 12.8. The van der Waals surface area contributed by atoms with Crippen molar-refractivity contribution in [3.05, 3.63) is 0 Å². The highest BCUT2D eigenvalue weighted by Crippen LogP contribution is 2.48. The third-order valence-corrected chi connectivity index (χ3v) is 5.23. The van der Waals surface area contributed by atoms with Gasteiger partial charge in [0.15, 0.2) is 0 Å². The molecule has 1 aliphatic carbocycles.